The number of nitrogens with zero attached hydrogens (tertiary/aromatic N) is 2. The monoisotopic (exact) mass is 591 g/mol. The van der Waals surface area contributed by atoms with E-state index in [-0.39, 0.29) is 49.0 Å². The van der Waals surface area contributed by atoms with Crippen molar-refractivity contribution in [1.82, 2.24) is 14.5 Å². The van der Waals surface area contributed by atoms with E-state index in [1.807, 2.05) is 0 Å². The van der Waals surface area contributed by atoms with Gasteiger partial charge in [-0.3, -0.25) is 9.59 Å². The highest BCUT2D eigenvalue weighted by Gasteiger charge is 2.42. The fourth-order valence-electron chi connectivity index (χ4n) is 4.16. The molecule has 0 bridgehead atoms. The van der Waals surface area contributed by atoms with Gasteiger partial charge in [0.2, 0.25) is 21.8 Å². The molecule has 2 amide bonds. The van der Waals surface area contributed by atoms with Crippen molar-refractivity contribution in [3.63, 3.8) is 0 Å². The summed E-state index contributed by atoms with van der Waals surface area (Å²) in [4.78, 5) is 26.9. The summed E-state index contributed by atoms with van der Waals surface area (Å²) in [6.07, 6.45) is -5.33. The summed E-state index contributed by atoms with van der Waals surface area (Å²) < 4.78 is 96.9. The lowest BCUT2D eigenvalue weighted by atomic mass is 10.0. The largest absolute Gasteiger partial charge is 0.573 e. The third-order valence-electron chi connectivity index (χ3n) is 6.39. The Morgan fingerprint density at radius 1 is 1.00 bits per heavy atom. The number of ether oxygens (including phenoxy) is 1. The number of amides is 2. The normalized spacial score (nSPS) is 17.1. The molecule has 0 aliphatic carbocycles. The Labute approximate surface area is 229 Å². The summed E-state index contributed by atoms with van der Waals surface area (Å²) in [5, 5.41) is 2.60. The van der Waals surface area contributed by atoms with Crippen molar-refractivity contribution in [2.45, 2.75) is 57.0 Å². The van der Waals surface area contributed by atoms with Crippen LogP contribution in [0, 0.1) is 5.92 Å². The van der Waals surface area contributed by atoms with Crippen LogP contribution in [0.4, 0.5) is 22.0 Å². The number of carbonyl (C=O) groups excluding carboxylic acids is 2. The molecule has 2 aromatic rings. The minimum Gasteiger partial charge on any atom is -0.406 e. The van der Waals surface area contributed by atoms with Crippen molar-refractivity contribution in [2.24, 2.45) is 5.92 Å². The van der Waals surface area contributed by atoms with Crippen molar-refractivity contribution in [3.05, 3.63) is 59.7 Å². The lowest BCUT2D eigenvalue weighted by Gasteiger charge is -2.40. The first-order valence-corrected chi connectivity index (χ1v) is 13.9. The van der Waals surface area contributed by atoms with Gasteiger partial charge in [-0.05, 0) is 29.8 Å². The van der Waals surface area contributed by atoms with Gasteiger partial charge in [-0.25, -0.2) is 17.2 Å². The van der Waals surface area contributed by atoms with Gasteiger partial charge in [0.25, 0.3) is 5.92 Å². The summed E-state index contributed by atoms with van der Waals surface area (Å²) in [6.45, 7) is 4.11. The predicted molar refractivity (Wildman–Crippen MR) is 135 cm³/mol. The highest BCUT2D eigenvalue weighted by Crippen LogP contribution is 2.31. The first-order chi connectivity index (χ1) is 18.5. The third kappa shape index (κ3) is 7.47. The maximum atomic E-state index is 13.9. The number of hydrogen-bond donors (Lipinski definition) is 1. The van der Waals surface area contributed by atoms with Crippen LogP contribution < -0.4 is 10.1 Å². The topological polar surface area (TPSA) is 96.0 Å². The Morgan fingerprint density at radius 3 is 2.12 bits per heavy atom. The molecule has 0 unspecified atom stereocenters. The molecule has 1 aliphatic heterocycles. The van der Waals surface area contributed by atoms with Gasteiger partial charge in [0.1, 0.15) is 11.8 Å². The fourth-order valence-corrected chi connectivity index (χ4v) is 5.73. The molecule has 0 spiro atoms. The lowest BCUT2D eigenvalue weighted by Crippen LogP contribution is -2.61. The maximum Gasteiger partial charge on any atom is 0.573 e. The van der Waals surface area contributed by atoms with Gasteiger partial charge in [0.15, 0.2) is 0 Å². The lowest BCUT2D eigenvalue weighted by molar-refractivity contribution is -0.274. The first kappa shape index (κ1) is 31.3. The Balaban J connectivity index is 1.82. The Morgan fingerprint density at radius 2 is 1.60 bits per heavy atom. The van der Waals surface area contributed by atoms with E-state index in [1.54, 1.807) is 13.8 Å². The van der Waals surface area contributed by atoms with Crippen molar-refractivity contribution in [1.29, 1.82) is 0 Å². The van der Waals surface area contributed by atoms with Crippen LogP contribution in [0.3, 0.4) is 0 Å². The molecule has 40 heavy (non-hydrogen) atoms. The molecule has 14 heteroatoms. The van der Waals surface area contributed by atoms with Crippen LogP contribution in [0.25, 0.3) is 0 Å². The van der Waals surface area contributed by atoms with Gasteiger partial charge in [-0.2, -0.15) is 4.31 Å². The van der Waals surface area contributed by atoms with E-state index in [0.29, 0.717) is 5.56 Å². The fraction of sp³-hybridized carbons (Fsp3) is 0.462. The van der Waals surface area contributed by atoms with Gasteiger partial charge in [0, 0.05) is 44.1 Å². The Kier molecular flexibility index (Phi) is 9.45. The van der Waals surface area contributed by atoms with Crippen LogP contribution >= 0.6 is 0 Å². The van der Waals surface area contributed by atoms with E-state index in [0.717, 1.165) is 28.6 Å². The van der Waals surface area contributed by atoms with Gasteiger partial charge in [-0.1, -0.05) is 45.0 Å². The molecule has 1 fully saturated rings. The molecule has 1 aliphatic rings. The molecule has 0 saturated carbocycles. The molecule has 1 atom stereocenters. The van der Waals surface area contributed by atoms with E-state index in [2.05, 4.69) is 10.1 Å². The average Bonchev–Trinajstić information content (AvgIpc) is 2.90. The molecule has 220 valence electrons. The number of halogens is 5. The van der Waals surface area contributed by atoms with E-state index < -0.39 is 45.9 Å². The zero-order valence-corrected chi connectivity index (χ0v) is 22.9. The molecule has 8 nitrogen and oxygen atoms in total. The third-order valence-corrected chi connectivity index (χ3v) is 8.31. The highest BCUT2D eigenvalue weighted by atomic mass is 32.2. The number of carbonyl (C=O) groups is 2. The molecule has 1 heterocycles. The number of alkyl halides is 5. The van der Waals surface area contributed by atoms with E-state index in [4.69, 9.17) is 0 Å². The molecule has 1 saturated heterocycles. The number of benzene rings is 2. The smallest absolute Gasteiger partial charge is 0.406 e. The summed E-state index contributed by atoms with van der Waals surface area (Å²) in [5.74, 6) is -5.04. The van der Waals surface area contributed by atoms with Crippen LogP contribution in [0.15, 0.2) is 53.4 Å². The molecule has 1 N–H and O–H groups in total. The maximum absolute atomic E-state index is 13.9. The highest BCUT2D eigenvalue weighted by molar-refractivity contribution is 7.89. The number of piperazine rings is 1. The summed E-state index contributed by atoms with van der Waals surface area (Å²) >= 11 is 0. The summed E-state index contributed by atoms with van der Waals surface area (Å²) in [6, 6.07) is 7.56. The number of rotatable bonds is 9. The van der Waals surface area contributed by atoms with Crippen molar-refractivity contribution < 1.29 is 44.7 Å². The zero-order chi connectivity index (χ0) is 29.9. The second-order valence-electron chi connectivity index (χ2n) is 9.56. The molecule has 0 aromatic heterocycles. The summed E-state index contributed by atoms with van der Waals surface area (Å²) in [7, 11) is -4.38. The van der Waals surface area contributed by atoms with Crippen LogP contribution in [-0.4, -0.2) is 61.5 Å². The number of nitrogens with one attached hydrogen (secondary N) is 1. The predicted octanol–water partition coefficient (Wildman–Crippen LogP) is 4.26. The van der Waals surface area contributed by atoms with Crippen molar-refractivity contribution in [2.75, 3.05) is 19.6 Å². The summed E-state index contributed by atoms with van der Waals surface area (Å²) in [5.41, 5.74) is 0.314. The molecule has 2 aromatic carbocycles. The zero-order valence-electron chi connectivity index (χ0n) is 22.0. The van der Waals surface area contributed by atoms with Crippen molar-refractivity contribution in [3.8, 4) is 5.75 Å². The minimum atomic E-state index is -4.96. The second-order valence-corrected chi connectivity index (χ2v) is 11.5. The van der Waals surface area contributed by atoms with Crippen LogP contribution in [0.5, 0.6) is 5.75 Å². The van der Waals surface area contributed by atoms with E-state index >= 15 is 0 Å². The average molecular weight is 592 g/mol. The Bertz CT molecular complexity index is 1300. The van der Waals surface area contributed by atoms with Crippen LogP contribution in [-0.2, 0) is 32.1 Å². The van der Waals surface area contributed by atoms with Gasteiger partial charge >= 0.3 is 6.36 Å². The van der Waals surface area contributed by atoms with Crippen LogP contribution in [0.1, 0.15) is 38.3 Å². The van der Waals surface area contributed by atoms with Gasteiger partial charge in [0.05, 0.1) is 4.90 Å². The van der Waals surface area contributed by atoms with Gasteiger partial charge < -0.3 is 15.0 Å². The van der Waals surface area contributed by atoms with Crippen LogP contribution in [0.2, 0.25) is 0 Å². The van der Waals surface area contributed by atoms with Crippen molar-refractivity contribution >= 4 is 21.8 Å². The SMILES string of the molecule is CCC(F)(F)c1ccc(CNC(=O)[C@H]2CN(C(=O)C(C)C)CCN2S(=O)(=O)c2ccc(OC(F)(F)F)cc2)cc1. The van der Waals surface area contributed by atoms with E-state index in [1.165, 1.54) is 36.1 Å². The van der Waals surface area contributed by atoms with Gasteiger partial charge in [-0.15, -0.1) is 13.2 Å². The number of hydrogen-bond acceptors (Lipinski definition) is 5. The second kappa shape index (κ2) is 12.1. The minimum absolute atomic E-state index is 0.00237. The molecule has 3 rings (SSSR count). The molecular formula is C26H30F5N3O5S. The standard InChI is InChI=1S/C26H30F5N3O5S/c1-4-25(27,28)19-7-5-18(6-8-19)15-32-23(35)22-16-33(24(36)17(2)3)13-14-34(22)40(37,38)21-11-9-20(10-12-21)39-26(29,30)31/h5-12,17,22H,4,13-16H2,1-3H3,(H,32,35)/t22-/m1/s1. The molecule has 0 radical (unpaired) electrons. The quantitative estimate of drug-likeness (QED) is 0.440. The first-order valence-electron chi connectivity index (χ1n) is 12.5. The van der Waals surface area contributed by atoms with E-state index in [9.17, 15) is 40.0 Å². The number of sulfonamides is 1. The molecular weight excluding hydrogens is 561 g/mol. The Hall–Kier alpha value is -3.26.